The molecular weight excluding hydrogens is 183 g/mol. The van der Waals surface area contributed by atoms with Crippen LogP contribution in [0.1, 0.15) is 12.0 Å². The summed E-state index contributed by atoms with van der Waals surface area (Å²) in [6.45, 7) is -0.00457. The normalized spacial score (nSPS) is 10.9. The Hall–Kier alpha value is -0.930. The molecule has 0 spiro atoms. The van der Waals surface area contributed by atoms with Gasteiger partial charge in [-0.15, -0.1) is 0 Å². The van der Waals surface area contributed by atoms with Crippen LogP contribution in [0.5, 0.6) is 0 Å². The van der Waals surface area contributed by atoms with E-state index in [1.165, 1.54) is 12.1 Å². The lowest BCUT2D eigenvalue weighted by atomic mass is 10.0. The first-order chi connectivity index (χ1) is 6.76. The number of aliphatic hydroxyl groups excluding tert-OH is 2. The zero-order chi connectivity index (χ0) is 10.4. The largest absolute Gasteiger partial charge is 0.396 e. The molecule has 3 heteroatoms. The van der Waals surface area contributed by atoms with Crippen molar-refractivity contribution in [2.45, 2.75) is 12.8 Å². The zero-order valence-corrected chi connectivity index (χ0v) is 7.99. The maximum Gasteiger partial charge on any atom is 0.123 e. The molecule has 0 saturated heterocycles. The molecule has 1 aromatic carbocycles. The third-order valence-electron chi connectivity index (χ3n) is 2.27. The molecule has 0 bridgehead atoms. The first-order valence-corrected chi connectivity index (χ1v) is 4.72. The van der Waals surface area contributed by atoms with Gasteiger partial charge < -0.3 is 10.2 Å². The van der Waals surface area contributed by atoms with E-state index in [4.69, 9.17) is 10.2 Å². The Kier molecular flexibility index (Phi) is 4.56. The van der Waals surface area contributed by atoms with Gasteiger partial charge in [0.1, 0.15) is 5.82 Å². The van der Waals surface area contributed by atoms with E-state index in [-0.39, 0.29) is 24.9 Å². The molecule has 0 aliphatic heterocycles. The number of hydrogen-bond acceptors (Lipinski definition) is 2. The van der Waals surface area contributed by atoms with Gasteiger partial charge in [-0.3, -0.25) is 0 Å². The van der Waals surface area contributed by atoms with Gasteiger partial charge in [0.2, 0.25) is 0 Å². The number of rotatable bonds is 5. The van der Waals surface area contributed by atoms with E-state index >= 15 is 0 Å². The fourth-order valence-electron chi connectivity index (χ4n) is 1.26. The van der Waals surface area contributed by atoms with Crippen LogP contribution in [-0.4, -0.2) is 23.4 Å². The summed E-state index contributed by atoms with van der Waals surface area (Å²) >= 11 is 0. The summed E-state index contributed by atoms with van der Waals surface area (Å²) in [5.74, 6) is -0.310. The summed E-state index contributed by atoms with van der Waals surface area (Å²) in [6.07, 6.45) is 1.48. The van der Waals surface area contributed by atoms with E-state index < -0.39 is 0 Å². The number of halogens is 1. The smallest absolute Gasteiger partial charge is 0.123 e. The molecule has 0 radical (unpaired) electrons. The van der Waals surface area contributed by atoms with Crippen molar-refractivity contribution in [1.82, 2.24) is 0 Å². The van der Waals surface area contributed by atoms with Crippen LogP contribution >= 0.6 is 0 Å². The van der Waals surface area contributed by atoms with Gasteiger partial charge in [0, 0.05) is 19.1 Å². The van der Waals surface area contributed by atoms with Gasteiger partial charge in [0.05, 0.1) is 0 Å². The molecule has 0 amide bonds. The van der Waals surface area contributed by atoms with Crippen molar-refractivity contribution in [1.29, 1.82) is 0 Å². The minimum absolute atomic E-state index is 0.00229. The van der Waals surface area contributed by atoms with Crippen LogP contribution in [-0.2, 0) is 6.42 Å². The Morgan fingerprint density at radius 3 is 2.14 bits per heavy atom. The van der Waals surface area contributed by atoms with Gasteiger partial charge >= 0.3 is 0 Å². The van der Waals surface area contributed by atoms with E-state index in [0.717, 1.165) is 18.4 Å². The van der Waals surface area contributed by atoms with Gasteiger partial charge in [-0.25, -0.2) is 4.39 Å². The zero-order valence-electron chi connectivity index (χ0n) is 7.99. The molecule has 0 heterocycles. The van der Waals surface area contributed by atoms with Crippen molar-refractivity contribution < 1.29 is 14.6 Å². The van der Waals surface area contributed by atoms with E-state index in [9.17, 15) is 4.39 Å². The fourth-order valence-corrected chi connectivity index (χ4v) is 1.26. The highest BCUT2D eigenvalue weighted by Crippen LogP contribution is 2.10. The van der Waals surface area contributed by atoms with Gasteiger partial charge in [0.25, 0.3) is 0 Å². The van der Waals surface area contributed by atoms with Crippen LogP contribution in [0.4, 0.5) is 4.39 Å². The third kappa shape index (κ3) is 3.44. The number of aliphatic hydroxyl groups is 2. The Morgan fingerprint density at radius 2 is 1.64 bits per heavy atom. The quantitative estimate of drug-likeness (QED) is 0.750. The summed E-state index contributed by atoms with van der Waals surface area (Å²) in [6, 6.07) is 6.28. The predicted molar refractivity (Wildman–Crippen MR) is 52.4 cm³/mol. The van der Waals surface area contributed by atoms with Crippen LogP contribution < -0.4 is 0 Å². The molecule has 0 atom stereocenters. The van der Waals surface area contributed by atoms with Crippen LogP contribution in [0, 0.1) is 11.7 Å². The summed E-state index contributed by atoms with van der Waals surface area (Å²) < 4.78 is 12.5. The Balaban J connectivity index is 2.41. The molecule has 1 rings (SSSR count). The van der Waals surface area contributed by atoms with E-state index in [1.807, 2.05) is 0 Å². The van der Waals surface area contributed by atoms with Gasteiger partial charge in [-0.05, 0) is 30.5 Å². The average molecular weight is 198 g/mol. The van der Waals surface area contributed by atoms with Crippen LogP contribution in [0.3, 0.4) is 0 Å². The summed E-state index contributed by atoms with van der Waals surface area (Å²) in [5.41, 5.74) is 1.03. The fraction of sp³-hybridized carbons (Fsp3) is 0.455. The van der Waals surface area contributed by atoms with Crippen LogP contribution in [0.25, 0.3) is 0 Å². The SMILES string of the molecule is OCC(CO)CCc1ccc(F)cc1. The molecule has 0 aliphatic rings. The molecule has 2 nitrogen and oxygen atoms in total. The second-order valence-electron chi connectivity index (χ2n) is 3.40. The first kappa shape index (κ1) is 11.1. The van der Waals surface area contributed by atoms with E-state index in [0.29, 0.717) is 0 Å². The lowest BCUT2D eigenvalue weighted by molar-refractivity contribution is 0.144. The predicted octanol–water partition coefficient (Wildman–Crippen LogP) is 1.36. The van der Waals surface area contributed by atoms with Crippen molar-refractivity contribution in [2.24, 2.45) is 5.92 Å². The molecule has 0 aromatic heterocycles. The molecule has 1 aromatic rings. The molecule has 0 unspecified atom stereocenters. The van der Waals surface area contributed by atoms with Gasteiger partial charge in [0.15, 0.2) is 0 Å². The van der Waals surface area contributed by atoms with Crippen molar-refractivity contribution >= 4 is 0 Å². The average Bonchev–Trinajstić information content (AvgIpc) is 2.22. The second-order valence-corrected chi connectivity index (χ2v) is 3.40. The van der Waals surface area contributed by atoms with E-state index in [1.54, 1.807) is 12.1 Å². The van der Waals surface area contributed by atoms with Gasteiger partial charge in [-0.2, -0.15) is 0 Å². The highest BCUT2D eigenvalue weighted by Gasteiger charge is 2.05. The Labute approximate surface area is 83.0 Å². The molecule has 2 N–H and O–H groups in total. The Morgan fingerprint density at radius 1 is 1.07 bits per heavy atom. The van der Waals surface area contributed by atoms with Crippen molar-refractivity contribution in [3.05, 3.63) is 35.6 Å². The molecule has 0 fully saturated rings. The summed E-state index contributed by atoms with van der Waals surface area (Å²) in [4.78, 5) is 0. The van der Waals surface area contributed by atoms with E-state index in [2.05, 4.69) is 0 Å². The monoisotopic (exact) mass is 198 g/mol. The topological polar surface area (TPSA) is 40.5 Å². The molecule has 78 valence electrons. The minimum atomic E-state index is -0.241. The number of benzene rings is 1. The highest BCUT2D eigenvalue weighted by atomic mass is 19.1. The second kappa shape index (κ2) is 5.73. The van der Waals surface area contributed by atoms with Crippen LogP contribution in [0.2, 0.25) is 0 Å². The maximum absolute atomic E-state index is 12.5. The van der Waals surface area contributed by atoms with Crippen molar-refractivity contribution in [3.8, 4) is 0 Å². The lowest BCUT2D eigenvalue weighted by Gasteiger charge is -2.09. The highest BCUT2D eigenvalue weighted by molar-refractivity contribution is 5.16. The lowest BCUT2D eigenvalue weighted by Crippen LogP contribution is -2.11. The summed E-state index contributed by atoms with van der Waals surface area (Å²) in [7, 11) is 0. The number of aryl methyl sites for hydroxylation is 1. The van der Waals surface area contributed by atoms with Gasteiger partial charge in [-0.1, -0.05) is 12.1 Å². The van der Waals surface area contributed by atoms with Crippen molar-refractivity contribution in [2.75, 3.05) is 13.2 Å². The number of hydrogen-bond donors (Lipinski definition) is 2. The molecule has 0 aliphatic carbocycles. The van der Waals surface area contributed by atoms with Crippen molar-refractivity contribution in [3.63, 3.8) is 0 Å². The Bertz CT molecular complexity index is 254. The summed E-state index contributed by atoms with van der Waals surface area (Å²) in [5, 5.41) is 17.7. The molecule has 14 heavy (non-hydrogen) atoms. The standard InChI is InChI=1S/C11H15FO2/c12-11-5-3-9(4-6-11)1-2-10(7-13)8-14/h3-6,10,13-14H,1-2,7-8H2. The first-order valence-electron chi connectivity index (χ1n) is 4.72. The minimum Gasteiger partial charge on any atom is -0.396 e. The molecule has 0 saturated carbocycles. The van der Waals surface area contributed by atoms with Crippen LogP contribution in [0.15, 0.2) is 24.3 Å². The maximum atomic E-state index is 12.5. The third-order valence-corrected chi connectivity index (χ3v) is 2.27. The molecular formula is C11H15FO2.